The molecule has 6 heteroatoms. The van der Waals surface area contributed by atoms with E-state index >= 15 is 0 Å². The molecule has 0 aliphatic carbocycles. The molecule has 100 valence electrons. The van der Waals surface area contributed by atoms with E-state index in [0.29, 0.717) is 11.4 Å². The summed E-state index contributed by atoms with van der Waals surface area (Å²) < 4.78 is 31.5. The van der Waals surface area contributed by atoms with Crippen molar-refractivity contribution in [2.45, 2.75) is 4.90 Å². The summed E-state index contributed by atoms with van der Waals surface area (Å²) in [6.07, 6.45) is 0. The SMILES string of the molecule is COc1ccc(NS(=O)(=O)c2cccc(O)c2)cc1. The first kappa shape index (κ1) is 13.2. The van der Waals surface area contributed by atoms with Crippen LogP contribution in [0, 0.1) is 0 Å². The molecule has 0 unspecified atom stereocenters. The third-order valence-electron chi connectivity index (χ3n) is 2.47. The van der Waals surface area contributed by atoms with Crippen molar-refractivity contribution in [3.8, 4) is 11.5 Å². The van der Waals surface area contributed by atoms with E-state index in [2.05, 4.69) is 4.72 Å². The number of ether oxygens (including phenoxy) is 1. The molecule has 19 heavy (non-hydrogen) atoms. The third kappa shape index (κ3) is 3.17. The van der Waals surface area contributed by atoms with Gasteiger partial charge < -0.3 is 9.84 Å². The molecule has 2 aromatic carbocycles. The Kier molecular flexibility index (Phi) is 3.62. The van der Waals surface area contributed by atoms with Gasteiger partial charge in [-0.25, -0.2) is 8.42 Å². The molecule has 0 radical (unpaired) electrons. The monoisotopic (exact) mass is 279 g/mol. The largest absolute Gasteiger partial charge is 0.508 e. The van der Waals surface area contributed by atoms with E-state index < -0.39 is 10.0 Å². The summed E-state index contributed by atoms with van der Waals surface area (Å²) in [4.78, 5) is 0.00307. The molecule has 5 nitrogen and oxygen atoms in total. The Balaban J connectivity index is 2.25. The quantitative estimate of drug-likeness (QED) is 0.899. The van der Waals surface area contributed by atoms with Gasteiger partial charge in [0, 0.05) is 11.8 Å². The maximum atomic E-state index is 12.1. The fourth-order valence-electron chi connectivity index (χ4n) is 1.52. The molecule has 0 heterocycles. The van der Waals surface area contributed by atoms with Crippen LogP contribution < -0.4 is 9.46 Å². The zero-order valence-electron chi connectivity index (χ0n) is 10.2. The molecule has 0 fully saturated rings. The van der Waals surface area contributed by atoms with Gasteiger partial charge in [0.1, 0.15) is 11.5 Å². The summed E-state index contributed by atoms with van der Waals surface area (Å²) in [5, 5.41) is 9.30. The van der Waals surface area contributed by atoms with Crippen LogP contribution in [0.15, 0.2) is 53.4 Å². The minimum atomic E-state index is -3.71. The van der Waals surface area contributed by atoms with Crippen molar-refractivity contribution < 1.29 is 18.3 Å². The number of hydrogen-bond donors (Lipinski definition) is 2. The molecule has 2 N–H and O–H groups in total. The Labute approximate surface area is 111 Å². The minimum absolute atomic E-state index is 0.00307. The number of anilines is 1. The molecule has 0 bridgehead atoms. The van der Waals surface area contributed by atoms with Gasteiger partial charge in [-0.3, -0.25) is 4.72 Å². The normalized spacial score (nSPS) is 11.0. The van der Waals surface area contributed by atoms with Crippen molar-refractivity contribution in [3.63, 3.8) is 0 Å². The van der Waals surface area contributed by atoms with Gasteiger partial charge in [0.15, 0.2) is 0 Å². The van der Waals surface area contributed by atoms with E-state index in [-0.39, 0.29) is 10.6 Å². The zero-order valence-corrected chi connectivity index (χ0v) is 11.0. The van der Waals surface area contributed by atoms with Gasteiger partial charge >= 0.3 is 0 Å². The molecule has 0 spiro atoms. The smallest absolute Gasteiger partial charge is 0.262 e. The molecule has 0 aliphatic rings. The third-order valence-corrected chi connectivity index (χ3v) is 3.85. The number of aromatic hydroxyl groups is 1. The van der Waals surface area contributed by atoms with Crippen molar-refractivity contribution >= 4 is 15.7 Å². The van der Waals surface area contributed by atoms with Crippen LogP contribution in [0.1, 0.15) is 0 Å². The first-order chi connectivity index (χ1) is 9.01. The number of phenolic OH excluding ortho intramolecular Hbond substituents is 1. The highest BCUT2D eigenvalue weighted by molar-refractivity contribution is 7.92. The van der Waals surface area contributed by atoms with Crippen LogP contribution in [0.2, 0.25) is 0 Å². The predicted octanol–water partition coefficient (Wildman–Crippen LogP) is 2.20. The molecule has 0 amide bonds. The summed E-state index contributed by atoms with van der Waals surface area (Å²) in [5.41, 5.74) is 0.421. The first-order valence-corrected chi connectivity index (χ1v) is 6.95. The summed E-state index contributed by atoms with van der Waals surface area (Å²) in [6, 6.07) is 12.0. The Morgan fingerprint density at radius 3 is 2.37 bits per heavy atom. The highest BCUT2D eigenvalue weighted by Gasteiger charge is 2.14. The lowest BCUT2D eigenvalue weighted by Crippen LogP contribution is -2.12. The van der Waals surface area contributed by atoms with Crippen LogP contribution >= 0.6 is 0 Å². The number of nitrogens with one attached hydrogen (secondary N) is 1. The topological polar surface area (TPSA) is 75.6 Å². The van der Waals surface area contributed by atoms with Gasteiger partial charge in [0.05, 0.1) is 12.0 Å². The average molecular weight is 279 g/mol. The number of sulfonamides is 1. The van der Waals surface area contributed by atoms with Crippen LogP contribution in [0.5, 0.6) is 11.5 Å². The Hall–Kier alpha value is -2.21. The molecule has 0 aromatic heterocycles. The summed E-state index contributed by atoms with van der Waals surface area (Å²) in [6.45, 7) is 0. The van der Waals surface area contributed by atoms with Crippen molar-refractivity contribution in [1.82, 2.24) is 0 Å². The fourth-order valence-corrected chi connectivity index (χ4v) is 2.62. The summed E-state index contributed by atoms with van der Waals surface area (Å²) >= 11 is 0. The van der Waals surface area contributed by atoms with Crippen LogP contribution in [-0.4, -0.2) is 20.6 Å². The molecule has 0 aliphatic heterocycles. The lowest BCUT2D eigenvalue weighted by molar-refractivity contribution is 0.415. The lowest BCUT2D eigenvalue weighted by atomic mass is 10.3. The van der Waals surface area contributed by atoms with E-state index in [1.165, 1.54) is 31.4 Å². The van der Waals surface area contributed by atoms with E-state index in [1.54, 1.807) is 24.3 Å². The van der Waals surface area contributed by atoms with E-state index in [0.717, 1.165) is 0 Å². The van der Waals surface area contributed by atoms with Gasteiger partial charge in [-0.15, -0.1) is 0 Å². The highest BCUT2D eigenvalue weighted by Crippen LogP contribution is 2.21. The maximum absolute atomic E-state index is 12.1. The van der Waals surface area contributed by atoms with Crippen molar-refractivity contribution in [2.75, 3.05) is 11.8 Å². The lowest BCUT2D eigenvalue weighted by Gasteiger charge is -2.08. The second-order valence-electron chi connectivity index (χ2n) is 3.83. The zero-order chi connectivity index (χ0) is 13.9. The molecule has 2 aromatic rings. The Morgan fingerprint density at radius 1 is 1.11 bits per heavy atom. The second-order valence-corrected chi connectivity index (χ2v) is 5.51. The molecule has 0 saturated carbocycles. The molecular weight excluding hydrogens is 266 g/mol. The Morgan fingerprint density at radius 2 is 1.79 bits per heavy atom. The van der Waals surface area contributed by atoms with Crippen molar-refractivity contribution in [2.24, 2.45) is 0 Å². The van der Waals surface area contributed by atoms with Gasteiger partial charge in [0.25, 0.3) is 10.0 Å². The number of phenols is 1. The van der Waals surface area contributed by atoms with Gasteiger partial charge in [-0.1, -0.05) is 6.07 Å². The molecule has 2 rings (SSSR count). The number of methoxy groups -OCH3 is 1. The van der Waals surface area contributed by atoms with Crippen molar-refractivity contribution in [3.05, 3.63) is 48.5 Å². The van der Waals surface area contributed by atoms with Crippen LogP contribution in [-0.2, 0) is 10.0 Å². The van der Waals surface area contributed by atoms with E-state index in [1.807, 2.05) is 0 Å². The fraction of sp³-hybridized carbons (Fsp3) is 0.0769. The number of hydrogen-bond acceptors (Lipinski definition) is 4. The summed E-state index contributed by atoms with van der Waals surface area (Å²) in [7, 11) is -2.17. The second kappa shape index (κ2) is 5.19. The number of rotatable bonds is 4. The molecule has 0 saturated heterocycles. The Bertz CT molecular complexity index is 665. The predicted molar refractivity (Wildman–Crippen MR) is 71.9 cm³/mol. The number of benzene rings is 2. The van der Waals surface area contributed by atoms with Crippen LogP contribution in [0.3, 0.4) is 0 Å². The maximum Gasteiger partial charge on any atom is 0.262 e. The van der Waals surface area contributed by atoms with Gasteiger partial charge in [-0.05, 0) is 36.4 Å². The van der Waals surface area contributed by atoms with E-state index in [9.17, 15) is 13.5 Å². The first-order valence-electron chi connectivity index (χ1n) is 5.47. The molecule has 0 atom stereocenters. The van der Waals surface area contributed by atoms with Gasteiger partial charge in [0.2, 0.25) is 0 Å². The van der Waals surface area contributed by atoms with Crippen LogP contribution in [0.4, 0.5) is 5.69 Å². The summed E-state index contributed by atoms with van der Waals surface area (Å²) in [5.74, 6) is 0.540. The van der Waals surface area contributed by atoms with E-state index in [4.69, 9.17) is 4.74 Å². The van der Waals surface area contributed by atoms with Crippen molar-refractivity contribution in [1.29, 1.82) is 0 Å². The molecular formula is C13H13NO4S. The highest BCUT2D eigenvalue weighted by atomic mass is 32.2. The van der Waals surface area contributed by atoms with Gasteiger partial charge in [-0.2, -0.15) is 0 Å². The minimum Gasteiger partial charge on any atom is -0.508 e. The van der Waals surface area contributed by atoms with Crippen LogP contribution in [0.25, 0.3) is 0 Å². The average Bonchev–Trinajstić information content (AvgIpc) is 2.39. The standard InChI is InChI=1S/C13H13NO4S/c1-18-12-7-5-10(6-8-12)14-19(16,17)13-4-2-3-11(15)9-13/h2-9,14-15H,1H3.